The molecule has 2 heterocycles. The summed E-state index contributed by atoms with van der Waals surface area (Å²) in [5.41, 5.74) is 2.64. The number of carbonyl (C=O) groups is 2. The molecule has 37 heavy (non-hydrogen) atoms. The van der Waals surface area contributed by atoms with E-state index in [1.807, 2.05) is 27.7 Å². The molecule has 2 aliphatic heterocycles. The van der Waals surface area contributed by atoms with E-state index in [0.29, 0.717) is 42.7 Å². The highest BCUT2D eigenvalue weighted by Crippen LogP contribution is 2.51. The summed E-state index contributed by atoms with van der Waals surface area (Å²) in [7, 11) is 0. The van der Waals surface area contributed by atoms with Crippen molar-refractivity contribution in [3.8, 4) is 0 Å². The van der Waals surface area contributed by atoms with Crippen LogP contribution in [0.15, 0.2) is 51.4 Å². The summed E-state index contributed by atoms with van der Waals surface area (Å²) in [6, 6.07) is 6.69. The van der Waals surface area contributed by atoms with Gasteiger partial charge >= 0.3 is 12.1 Å². The van der Waals surface area contributed by atoms with E-state index in [2.05, 4.69) is 5.32 Å². The van der Waals surface area contributed by atoms with Crippen LogP contribution in [-0.2, 0) is 11.3 Å². The number of aromatic carboxylic acids is 1. The van der Waals surface area contributed by atoms with Gasteiger partial charge in [-0.1, -0.05) is 30.7 Å². The Morgan fingerprint density at radius 1 is 1.19 bits per heavy atom. The van der Waals surface area contributed by atoms with Gasteiger partial charge < -0.3 is 20.1 Å². The first-order valence-corrected chi connectivity index (χ1v) is 13.1. The van der Waals surface area contributed by atoms with Crippen molar-refractivity contribution in [3.05, 3.63) is 57.5 Å². The molecule has 0 unspecified atom stereocenters. The van der Waals surface area contributed by atoms with Gasteiger partial charge in [-0.05, 0) is 70.6 Å². The van der Waals surface area contributed by atoms with E-state index >= 15 is 0 Å². The number of piperidine rings is 1. The van der Waals surface area contributed by atoms with Crippen LogP contribution in [0.2, 0.25) is 0 Å². The summed E-state index contributed by atoms with van der Waals surface area (Å²) < 4.78 is 5.58. The van der Waals surface area contributed by atoms with Crippen LogP contribution in [0.1, 0.15) is 75.7 Å². The average Bonchev–Trinajstić information content (AvgIpc) is 3.19. The second kappa shape index (κ2) is 10.4. The molecule has 4 N–H and O–H groups in total. The number of aliphatic imine (C=N–C) groups is 1. The van der Waals surface area contributed by atoms with Crippen LogP contribution < -0.4 is 11.2 Å². The molecule has 10 heteroatoms. The number of halogens is 1. The lowest BCUT2D eigenvalue weighted by molar-refractivity contribution is 0.0130. The minimum atomic E-state index is -0.961. The average molecular weight is 530 g/mol. The lowest BCUT2D eigenvalue weighted by Crippen LogP contribution is -2.51. The van der Waals surface area contributed by atoms with Gasteiger partial charge in [0.2, 0.25) is 0 Å². The van der Waals surface area contributed by atoms with Crippen LogP contribution in [0.4, 0.5) is 4.79 Å². The fourth-order valence-electron chi connectivity index (χ4n) is 5.20. The summed E-state index contributed by atoms with van der Waals surface area (Å²) in [6.45, 7) is 9.19. The molecule has 1 saturated heterocycles. The Kier molecular flexibility index (Phi) is 7.57. The highest BCUT2D eigenvalue weighted by molar-refractivity contribution is 6.30. The number of nitrogens with one attached hydrogen (secondary N) is 1. The molecule has 0 aromatic heterocycles. The van der Waals surface area contributed by atoms with Gasteiger partial charge in [0.25, 0.3) is 0 Å². The zero-order valence-electron chi connectivity index (χ0n) is 21.9. The molecule has 0 radical (unpaired) electrons. The summed E-state index contributed by atoms with van der Waals surface area (Å²) in [5.74, 6) is 6.87. The fourth-order valence-corrected chi connectivity index (χ4v) is 5.33. The highest BCUT2D eigenvalue weighted by Gasteiger charge is 2.48. The van der Waals surface area contributed by atoms with E-state index in [9.17, 15) is 9.59 Å². The van der Waals surface area contributed by atoms with E-state index in [-0.39, 0.29) is 17.1 Å². The van der Waals surface area contributed by atoms with E-state index in [4.69, 9.17) is 32.3 Å². The molecule has 0 saturated carbocycles. The number of rotatable bonds is 4. The smallest absolute Gasteiger partial charge is 0.410 e. The number of carboxylic acids is 1. The van der Waals surface area contributed by atoms with Crippen molar-refractivity contribution in [1.29, 1.82) is 0 Å². The van der Waals surface area contributed by atoms with Crippen molar-refractivity contribution in [2.24, 2.45) is 16.3 Å². The number of amides is 1. The molecule has 1 aromatic rings. The molecule has 0 atom stereocenters. The molecular weight excluding hydrogens is 494 g/mol. The third-order valence-corrected chi connectivity index (χ3v) is 7.67. The normalized spacial score (nSPS) is 21.7. The third kappa shape index (κ3) is 5.62. The van der Waals surface area contributed by atoms with Crippen molar-refractivity contribution in [3.63, 3.8) is 0 Å². The van der Waals surface area contributed by atoms with Crippen LogP contribution in [0.3, 0.4) is 0 Å². The molecule has 1 fully saturated rings. The van der Waals surface area contributed by atoms with Crippen molar-refractivity contribution in [2.75, 3.05) is 13.1 Å². The van der Waals surface area contributed by atoms with Gasteiger partial charge in [0.1, 0.15) is 17.3 Å². The minimum Gasteiger partial charge on any atom is -0.478 e. The standard InChI is InChI=1S/C27H36ClN5O4/c1-5-20(28)23-31-21-19(22(33(23)29)30-16-17-6-8-18(9-7-17)24(34)35)10-11-27(21)12-14-32(15-13-27)25(36)37-26(2,3)4/h6-9,31H,5,10-16,29H2,1-4H3,(H,34,35)/b23-20+,30-22?. The number of hydrazine groups is 1. The molecular formula is C27H36ClN5O4. The number of carbonyl (C=O) groups excluding carboxylic acids is 1. The maximum atomic E-state index is 12.6. The number of nitrogens with two attached hydrogens (primary N) is 1. The first-order valence-electron chi connectivity index (χ1n) is 12.7. The molecule has 1 aromatic carbocycles. The molecule has 200 valence electrons. The summed E-state index contributed by atoms with van der Waals surface area (Å²) >= 11 is 6.61. The van der Waals surface area contributed by atoms with E-state index in [0.717, 1.165) is 42.5 Å². The molecule has 3 aliphatic rings. The maximum absolute atomic E-state index is 12.6. The van der Waals surface area contributed by atoms with E-state index < -0.39 is 11.6 Å². The Morgan fingerprint density at radius 3 is 2.41 bits per heavy atom. The molecule has 1 spiro atoms. The van der Waals surface area contributed by atoms with Crippen molar-refractivity contribution < 1.29 is 19.4 Å². The van der Waals surface area contributed by atoms with Gasteiger partial charge in [-0.2, -0.15) is 0 Å². The van der Waals surface area contributed by atoms with Gasteiger partial charge in [0.05, 0.1) is 17.1 Å². The Labute approximate surface area is 223 Å². The van der Waals surface area contributed by atoms with Gasteiger partial charge in [0.15, 0.2) is 0 Å². The van der Waals surface area contributed by atoms with Crippen molar-refractivity contribution in [1.82, 2.24) is 15.2 Å². The number of amidine groups is 1. The number of hydrogen-bond donors (Lipinski definition) is 3. The summed E-state index contributed by atoms with van der Waals surface area (Å²) in [4.78, 5) is 30.5. The Hall–Kier alpha value is -3.04. The third-order valence-electron chi connectivity index (χ3n) is 7.22. The second-order valence-corrected chi connectivity index (χ2v) is 11.3. The first-order chi connectivity index (χ1) is 17.4. The predicted octanol–water partition coefficient (Wildman–Crippen LogP) is 4.95. The van der Waals surface area contributed by atoms with Crippen LogP contribution in [-0.4, -0.2) is 51.6 Å². The molecule has 0 bridgehead atoms. The van der Waals surface area contributed by atoms with Crippen molar-refractivity contribution in [2.45, 2.75) is 71.9 Å². The summed E-state index contributed by atoms with van der Waals surface area (Å²) in [5, 5.41) is 14.9. The van der Waals surface area contributed by atoms with Crippen LogP contribution in [0.5, 0.6) is 0 Å². The molecule has 4 rings (SSSR count). The van der Waals surface area contributed by atoms with Gasteiger partial charge in [0, 0.05) is 29.8 Å². The zero-order chi connectivity index (χ0) is 27.0. The molecule has 1 amide bonds. The Balaban J connectivity index is 1.61. The quantitative estimate of drug-likeness (QED) is 0.472. The zero-order valence-corrected chi connectivity index (χ0v) is 22.7. The monoisotopic (exact) mass is 529 g/mol. The summed E-state index contributed by atoms with van der Waals surface area (Å²) in [6.07, 6.45) is 3.71. The van der Waals surface area contributed by atoms with Crippen LogP contribution in [0.25, 0.3) is 0 Å². The van der Waals surface area contributed by atoms with Gasteiger partial charge in [-0.25, -0.2) is 20.4 Å². The fraction of sp³-hybridized carbons (Fsp3) is 0.519. The topological polar surface area (TPSA) is 120 Å². The number of ether oxygens (including phenoxy) is 1. The predicted molar refractivity (Wildman–Crippen MR) is 143 cm³/mol. The number of carboxylic acid groups (broad SMARTS) is 1. The number of allylic oxidation sites excluding steroid dienone is 2. The first kappa shape index (κ1) is 27.0. The highest BCUT2D eigenvalue weighted by atomic mass is 35.5. The Morgan fingerprint density at radius 2 is 1.84 bits per heavy atom. The van der Waals surface area contributed by atoms with Gasteiger partial charge in [-0.3, -0.25) is 4.99 Å². The minimum absolute atomic E-state index is 0.116. The lowest BCUT2D eigenvalue weighted by Gasteiger charge is -2.43. The Bertz CT molecular complexity index is 1160. The van der Waals surface area contributed by atoms with Crippen molar-refractivity contribution >= 4 is 29.5 Å². The number of fused-ring (bicyclic) bond motifs is 1. The largest absolute Gasteiger partial charge is 0.478 e. The molecule has 9 nitrogen and oxygen atoms in total. The van der Waals surface area contributed by atoms with Crippen LogP contribution >= 0.6 is 11.6 Å². The van der Waals surface area contributed by atoms with E-state index in [1.54, 1.807) is 29.2 Å². The second-order valence-electron chi connectivity index (χ2n) is 10.8. The number of nitrogens with zero attached hydrogens (tertiary/aromatic N) is 3. The van der Waals surface area contributed by atoms with Gasteiger partial charge in [-0.15, -0.1) is 0 Å². The van der Waals surface area contributed by atoms with Crippen LogP contribution in [0, 0.1) is 5.41 Å². The lowest BCUT2D eigenvalue weighted by atomic mass is 9.75. The number of benzene rings is 1. The SMILES string of the molecule is CC/C(Cl)=C1/NC2=C(CCC23CCN(C(=O)OC(C)(C)C)CC3)C(=NCc2ccc(C(=O)O)cc2)N1N. The molecule has 1 aliphatic carbocycles. The maximum Gasteiger partial charge on any atom is 0.410 e. The number of hydrogen-bond acceptors (Lipinski definition) is 6. The van der Waals surface area contributed by atoms with E-state index in [1.165, 1.54) is 5.01 Å². The number of likely N-dealkylation sites (tertiary alicyclic amines) is 1.